The van der Waals surface area contributed by atoms with Crippen LogP contribution in [0.15, 0.2) is 65.3 Å². The molecule has 0 fully saturated rings. The second kappa shape index (κ2) is 8.50. The summed E-state index contributed by atoms with van der Waals surface area (Å²) >= 11 is 0. The maximum atomic E-state index is 13.0. The second-order valence-corrected chi connectivity index (χ2v) is 8.05. The van der Waals surface area contributed by atoms with Crippen molar-refractivity contribution in [2.24, 2.45) is 0 Å². The standard InChI is InChI=1S/C23H19FN4O6/c1-23(13-27-11-21(28(29)30)25-22(27)33-23)14-32-18-6-2-15(3-7-18)20-10-19(34-26-20)12-31-17-8-4-16(24)5-9-17/h2-11H,12-14H2,1H3. The Morgan fingerprint density at radius 3 is 2.56 bits per heavy atom. The number of benzene rings is 2. The summed E-state index contributed by atoms with van der Waals surface area (Å²) < 4.78 is 37.1. The van der Waals surface area contributed by atoms with E-state index in [9.17, 15) is 14.5 Å². The zero-order valence-corrected chi connectivity index (χ0v) is 18.0. The van der Waals surface area contributed by atoms with Crippen molar-refractivity contribution in [2.45, 2.75) is 25.7 Å². The number of rotatable bonds is 8. The van der Waals surface area contributed by atoms with Crippen molar-refractivity contribution < 1.29 is 28.0 Å². The minimum absolute atomic E-state index is 0.166. The summed E-state index contributed by atoms with van der Waals surface area (Å²) in [7, 11) is 0. The van der Waals surface area contributed by atoms with Gasteiger partial charge in [-0.25, -0.2) is 4.39 Å². The second-order valence-electron chi connectivity index (χ2n) is 8.05. The van der Waals surface area contributed by atoms with Gasteiger partial charge in [0.15, 0.2) is 11.4 Å². The first-order chi connectivity index (χ1) is 16.4. The lowest BCUT2D eigenvalue weighted by Crippen LogP contribution is -2.38. The third-order valence-corrected chi connectivity index (χ3v) is 5.20. The molecule has 1 aliphatic heterocycles. The van der Waals surface area contributed by atoms with Gasteiger partial charge in [-0.2, -0.15) is 0 Å². The predicted molar refractivity (Wildman–Crippen MR) is 116 cm³/mol. The number of imidazole rings is 1. The Balaban J connectivity index is 1.15. The van der Waals surface area contributed by atoms with Crippen LogP contribution in [-0.2, 0) is 13.2 Å². The van der Waals surface area contributed by atoms with Crippen LogP contribution in [0, 0.1) is 15.9 Å². The van der Waals surface area contributed by atoms with E-state index < -0.39 is 10.5 Å². The van der Waals surface area contributed by atoms with Crippen LogP contribution in [0.5, 0.6) is 17.5 Å². The van der Waals surface area contributed by atoms with E-state index in [2.05, 4.69) is 10.1 Å². The molecule has 1 unspecified atom stereocenters. The maximum absolute atomic E-state index is 13.0. The molecule has 174 valence electrons. The summed E-state index contributed by atoms with van der Waals surface area (Å²) in [5.74, 6) is 1.12. The summed E-state index contributed by atoms with van der Waals surface area (Å²) in [5, 5.41) is 14.9. The Bertz CT molecular complexity index is 1290. The first-order valence-corrected chi connectivity index (χ1v) is 10.3. The summed E-state index contributed by atoms with van der Waals surface area (Å²) in [6, 6.07) is 15.0. The number of fused-ring (bicyclic) bond motifs is 1. The topological polar surface area (TPSA) is 115 Å². The summed E-state index contributed by atoms with van der Waals surface area (Å²) in [4.78, 5) is 14.1. The molecule has 0 aliphatic carbocycles. The fraction of sp³-hybridized carbons (Fsp3) is 0.217. The number of ether oxygens (including phenoxy) is 3. The van der Waals surface area contributed by atoms with Crippen LogP contribution in [0.3, 0.4) is 0 Å². The molecule has 1 atom stereocenters. The summed E-state index contributed by atoms with van der Waals surface area (Å²) in [6.45, 7) is 2.65. The molecule has 0 saturated carbocycles. The molecule has 5 rings (SSSR count). The van der Waals surface area contributed by atoms with Gasteiger partial charge >= 0.3 is 11.8 Å². The highest BCUT2D eigenvalue weighted by Crippen LogP contribution is 2.32. The molecule has 0 saturated heterocycles. The van der Waals surface area contributed by atoms with Crippen molar-refractivity contribution in [2.75, 3.05) is 6.61 Å². The van der Waals surface area contributed by atoms with Gasteiger partial charge in [0.05, 0.1) is 6.54 Å². The SMILES string of the molecule is CC1(COc2ccc(-c3cc(COc4ccc(F)cc4)on3)cc2)Cn2cc([N+](=O)[O-])nc2O1. The molecular formula is C23H19FN4O6. The average Bonchev–Trinajstić information content (AvgIpc) is 3.52. The van der Waals surface area contributed by atoms with Gasteiger partial charge in [0.1, 0.15) is 42.4 Å². The van der Waals surface area contributed by atoms with Crippen LogP contribution in [0.25, 0.3) is 11.3 Å². The Labute approximate surface area is 192 Å². The van der Waals surface area contributed by atoms with Gasteiger partial charge in [0.2, 0.25) is 0 Å². The number of nitro groups is 1. The van der Waals surface area contributed by atoms with E-state index in [0.717, 1.165) is 5.56 Å². The highest BCUT2D eigenvalue weighted by molar-refractivity contribution is 5.59. The van der Waals surface area contributed by atoms with Crippen LogP contribution in [-0.4, -0.2) is 31.8 Å². The van der Waals surface area contributed by atoms with E-state index in [1.54, 1.807) is 34.9 Å². The number of hydrogen-bond acceptors (Lipinski definition) is 8. The lowest BCUT2D eigenvalue weighted by Gasteiger charge is -2.22. The molecule has 34 heavy (non-hydrogen) atoms. The van der Waals surface area contributed by atoms with E-state index >= 15 is 0 Å². The molecule has 0 bridgehead atoms. The van der Waals surface area contributed by atoms with E-state index in [1.165, 1.54) is 18.3 Å². The van der Waals surface area contributed by atoms with E-state index in [1.807, 2.05) is 19.1 Å². The Morgan fingerprint density at radius 1 is 1.15 bits per heavy atom. The van der Waals surface area contributed by atoms with Gasteiger partial charge in [0.25, 0.3) is 0 Å². The third kappa shape index (κ3) is 4.53. The molecule has 4 aromatic rings. The van der Waals surface area contributed by atoms with Gasteiger partial charge < -0.3 is 28.8 Å². The first kappa shape index (κ1) is 21.4. The molecule has 10 nitrogen and oxygen atoms in total. The predicted octanol–water partition coefficient (Wildman–Crippen LogP) is 4.39. The number of halogens is 1. The van der Waals surface area contributed by atoms with Crippen molar-refractivity contribution in [3.63, 3.8) is 0 Å². The Kier molecular flexibility index (Phi) is 5.36. The molecule has 0 amide bonds. The molecule has 3 heterocycles. The molecular weight excluding hydrogens is 447 g/mol. The van der Waals surface area contributed by atoms with E-state index in [-0.39, 0.29) is 30.9 Å². The lowest BCUT2D eigenvalue weighted by molar-refractivity contribution is -0.389. The van der Waals surface area contributed by atoms with Crippen molar-refractivity contribution in [3.8, 4) is 28.8 Å². The molecule has 11 heteroatoms. The van der Waals surface area contributed by atoms with E-state index in [0.29, 0.717) is 29.5 Å². The zero-order chi connectivity index (χ0) is 23.7. The summed E-state index contributed by atoms with van der Waals surface area (Å²) in [6.07, 6.45) is 1.35. The van der Waals surface area contributed by atoms with Crippen molar-refractivity contribution in [1.82, 2.24) is 14.7 Å². The minimum Gasteiger partial charge on any atom is -0.489 e. The molecule has 2 aromatic carbocycles. The lowest BCUT2D eigenvalue weighted by atomic mass is 10.1. The van der Waals surface area contributed by atoms with Crippen LogP contribution >= 0.6 is 0 Å². The number of aromatic nitrogens is 3. The highest BCUT2D eigenvalue weighted by Gasteiger charge is 2.41. The smallest absolute Gasteiger partial charge is 0.415 e. The zero-order valence-electron chi connectivity index (χ0n) is 18.0. The minimum atomic E-state index is -0.693. The van der Waals surface area contributed by atoms with Crippen LogP contribution in [0.1, 0.15) is 12.7 Å². The average molecular weight is 466 g/mol. The van der Waals surface area contributed by atoms with Gasteiger partial charge in [0, 0.05) is 16.6 Å². The summed E-state index contributed by atoms with van der Waals surface area (Å²) in [5.41, 5.74) is 0.782. The monoisotopic (exact) mass is 466 g/mol. The van der Waals surface area contributed by atoms with Crippen molar-refractivity contribution >= 4 is 5.82 Å². The Morgan fingerprint density at radius 2 is 1.85 bits per heavy atom. The largest absolute Gasteiger partial charge is 0.489 e. The molecule has 1 aliphatic rings. The first-order valence-electron chi connectivity index (χ1n) is 10.3. The van der Waals surface area contributed by atoms with Crippen molar-refractivity contribution in [3.05, 3.63) is 82.5 Å². The number of nitrogens with zero attached hydrogens (tertiary/aromatic N) is 4. The fourth-order valence-corrected chi connectivity index (χ4v) is 3.52. The molecule has 0 spiro atoms. The maximum Gasteiger partial charge on any atom is 0.415 e. The number of hydrogen-bond donors (Lipinski definition) is 0. The fourth-order valence-electron chi connectivity index (χ4n) is 3.52. The Hall–Kier alpha value is -4.41. The third-order valence-electron chi connectivity index (χ3n) is 5.20. The van der Waals surface area contributed by atoms with Crippen LogP contribution < -0.4 is 14.2 Å². The highest BCUT2D eigenvalue weighted by atomic mass is 19.1. The molecule has 0 radical (unpaired) electrons. The van der Waals surface area contributed by atoms with Crippen LogP contribution in [0.2, 0.25) is 0 Å². The van der Waals surface area contributed by atoms with Gasteiger partial charge in [-0.1, -0.05) is 5.16 Å². The molecule has 0 N–H and O–H groups in total. The normalized spacial score (nSPS) is 16.6. The quantitative estimate of drug-likeness (QED) is 0.277. The van der Waals surface area contributed by atoms with E-state index in [4.69, 9.17) is 18.7 Å². The van der Waals surface area contributed by atoms with Crippen LogP contribution in [0.4, 0.5) is 10.2 Å². The van der Waals surface area contributed by atoms with Gasteiger partial charge in [-0.3, -0.25) is 4.57 Å². The molecule has 2 aromatic heterocycles. The van der Waals surface area contributed by atoms with Gasteiger partial charge in [-0.05, 0) is 60.4 Å². The van der Waals surface area contributed by atoms with Gasteiger partial charge in [-0.15, -0.1) is 0 Å². The van der Waals surface area contributed by atoms with Crippen molar-refractivity contribution in [1.29, 1.82) is 0 Å².